The lowest BCUT2D eigenvalue weighted by molar-refractivity contribution is -0.122. The van der Waals surface area contributed by atoms with E-state index in [0.717, 1.165) is 22.5 Å². The third-order valence-corrected chi connectivity index (χ3v) is 4.16. The van der Waals surface area contributed by atoms with Crippen LogP contribution < -0.4 is 10.6 Å². The van der Waals surface area contributed by atoms with E-state index in [4.69, 9.17) is 0 Å². The van der Waals surface area contributed by atoms with E-state index < -0.39 is 0 Å². The zero-order valence-corrected chi connectivity index (χ0v) is 14.9. The Morgan fingerprint density at radius 1 is 1.07 bits per heavy atom. The number of anilines is 2. The van der Waals surface area contributed by atoms with E-state index >= 15 is 0 Å². The molecule has 3 aromatic rings. The van der Waals surface area contributed by atoms with E-state index in [-0.39, 0.29) is 5.91 Å². The first-order valence-corrected chi connectivity index (χ1v) is 8.61. The molecule has 1 aliphatic rings. The molecule has 1 aromatic carbocycles. The van der Waals surface area contributed by atoms with Gasteiger partial charge in [-0.1, -0.05) is 12.1 Å². The average Bonchev–Trinajstić information content (AvgIpc) is 2.66. The molecule has 136 valence electrons. The maximum atomic E-state index is 12.2. The second kappa shape index (κ2) is 7.46. The fourth-order valence-corrected chi connectivity index (χ4v) is 2.94. The first kappa shape index (κ1) is 17.0. The minimum absolute atomic E-state index is 0.0477. The van der Waals surface area contributed by atoms with Gasteiger partial charge in [0.25, 0.3) is 0 Å². The number of rotatable bonds is 0. The van der Waals surface area contributed by atoms with Crippen molar-refractivity contribution in [3.05, 3.63) is 60.2 Å². The van der Waals surface area contributed by atoms with E-state index in [1.165, 1.54) is 6.33 Å². The summed E-state index contributed by atoms with van der Waals surface area (Å²) in [5, 5.41) is 6.13. The standard InChI is InChI=1S/C19H19N7O/c1-26-10-13-3-2-4-15(7-13)24-19-23-12-22-18(25-19)14-5-6-20-16(8-14)9-21-17(27)11-26/h2-8,12H,9-11H2,1H3,(H,21,27)(H,22,23,24,25). The van der Waals surface area contributed by atoms with E-state index in [0.29, 0.717) is 31.4 Å². The van der Waals surface area contributed by atoms with E-state index in [1.807, 2.05) is 48.3 Å². The maximum Gasteiger partial charge on any atom is 0.234 e. The molecule has 0 aliphatic carbocycles. The summed E-state index contributed by atoms with van der Waals surface area (Å²) < 4.78 is 0. The molecule has 0 fully saturated rings. The predicted octanol–water partition coefficient (Wildman–Crippen LogP) is 1.74. The molecule has 0 atom stereocenters. The van der Waals surface area contributed by atoms with Crippen molar-refractivity contribution in [2.45, 2.75) is 13.1 Å². The number of benzene rings is 1. The lowest BCUT2D eigenvalue weighted by atomic mass is 10.2. The van der Waals surface area contributed by atoms with Crippen LogP contribution in [0.5, 0.6) is 0 Å². The van der Waals surface area contributed by atoms with Crippen molar-refractivity contribution in [2.24, 2.45) is 0 Å². The molecule has 8 heteroatoms. The number of amides is 1. The van der Waals surface area contributed by atoms with Gasteiger partial charge < -0.3 is 10.6 Å². The number of pyridine rings is 1. The molecule has 2 aromatic heterocycles. The Morgan fingerprint density at radius 2 is 2.00 bits per heavy atom. The summed E-state index contributed by atoms with van der Waals surface area (Å²) in [6, 6.07) is 11.7. The van der Waals surface area contributed by atoms with Crippen LogP contribution in [-0.2, 0) is 17.9 Å². The zero-order valence-electron chi connectivity index (χ0n) is 14.9. The molecule has 0 unspecified atom stereocenters. The summed E-state index contributed by atoms with van der Waals surface area (Å²) in [5.74, 6) is 0.975. The van der Waals surface area contributed by atoms with Gasteiger partial charge in [0.2, 0.25) is 11.9 Å². The molecule has 2 N–H and O–H groups in total. The van der Waals surface area contributed by atoms with Gasteiger partial charge in [0, 0.05) is 24.0 Å². The number of hydrogen-bond donors (Lipinski definition) is 2. The molecule has 4 rings (SSSR count). The fraction of sp³-hybridized carbons (Fsp3) is 0.211. The minimum atomic E-state index is -0.0477. The highest BCUT2D eigenvalue weighted by atomic mass is 16.2. The van der Waals surface area contributed by atoms with Crippen LogP contribution in [0.15, 0.2) is 48.9 Å². The van der Waals surface area contributed by atoms with Crippen molar-refractivity contribution in [3.8, 4) is 11.4 Å². The molecule has 1 aliphatic heterocycles. The Balaban J connectivity index is 1.73. The van der Waals surface area contributed by atoms with Crippen LogP contribution in [0.4, 0.5) is 11.6 Å². The minimum Gasteiger partial charge on any atom is -0.349 e. The van der Waals surface area contributed by atoms with Gasteiger partial charge in [-0.15, -0.1) is 0 Å². The summed E-state index contributed by atoms with van der Waals surface area (Å²) in [6.45, 7) is 1.31. The SMILES string of the molecule is CN1CC(=O)NCc2cc(ccn2)-c2ncnc(n2)Nc2cccc(c2)C1. The van der Waals surface area contributed by atoms with Crippen LogP contribution in [0, 0.1) is 0 Å². The molecule has 27 heavy (non-hydrogen) atoms. The molecule has 3 heterocycles. The van der Waals surface area contributed by atoms with Gasteiger partial charge in [0.15, 0.2) is 5.82 Å². The summed E-state index contributed by atoms with van der Waals surface area (Å²) in [7, 11) is 1.92. The largest absolute Gasteiger partial charge is 0.349 e. The second-order valence-corrected chi connectivity index (χ2v) is 6.44. The zero-order chi connectivity index (χ0) is 18.6. The van der Waals surface area contributed by atoms with E-state index in [2.05, 4.69) is 30.6 Å². The highest BCUT2D eigenvalue weighted by Crippen LogP contribution is 2.19. The topological polar surface area (TPSA) is 95.9 Å². The van der Waals surface area contributed by atoms with E-state index in [1.54, 1.807) is 6.20 Å². The van der Waals surface area contributed by atoms with Crippen LogP contribution >= 0.6 is 0 Å². The number of carbonyl (C=O) groups excluding carboxylic acids is 1. The highest BCUT2D eigenvalue weighted by Gasteiger charge is 2.11. The number of nitrogens with one attached hydrogen (secondary N) is 2. The molecule has 0 saturated heterocycles. The third-order valence-electron chi connectivity index (χ3n) is 4.16. The van der Waals surface area contributed by atoms with Crippen LogP contribution in [0.25, 0.3) is 11.4 Å². The number of fused-ring (bicyclic) bond motifs is 7. The molecule has 0 spiro atoms. The molecular formula is C19H19N7O. The summed E-state index contributed by atoms with van der Waals surface area (Å²) in [6.07, 6.45) is 3.17. The summed E-state index contributed by atoms with van der Waals surface area (Å²) >= 11 is 0. The van der Waals surface area contributed by atoms with Gasteiger partial charge in [-0.2, -0.15) is 4.98 Å². The van der Waals surface area contributed by atoms with Gasteiger partial charge in [-0.05, 0) is 36.9 Å². The summed E-state index contributed by atoms with van der Waals surface area (Å²) in [5.41, 5.74) is 3.53. The van der Waals surface area contributed by atoms with Gasteiger partial charge in [0.05, 0.1) is 18.8 Å². The smallest absolute Gasteiger partial charge is 0.234 e. The number of likely N-dealkylation sites (N-methyl/N-ethyl adjacent to an activating group) is 1. The molecule has 6 bridgehead atoms. The fourth-order valence-electron chi connectivity index (χ4n) is 2.94. The Morgan fingerprint density at radius 3 is 2.93 bits per heavy atom. The Labute approximate surface area is 156 Å². The van der Waals surface area contributed by atoms with Gasteiger partial charge in [-0.3, -0.25) is 14.7 Å². The second-order valence-electron chi connectivity index (χ2n) is 6.44. The van der Waals surface area contributed by atoms with Crippen LogP contribution in [-0.4, -0.2) is 44.3 Å². The Hall–Kier alpha value is -3.39. The van der Waals surface area contributed by atoms with Crippen LogP contribution in [0.2, 0.25) is 0 Å². The first-order valence-electron chi connectivity index (χ1n) is 8.61. The van der Waals surface area contributed by atoms with Gasteiger partial charge >= 0.3 is 0 Å². The Kier molecular flexibility index (Phi) is 4.71. The lowest BCUT2D eigenvalue weighted by Crippen LogP contribution is -2.34. The molecule has 0 radical (unpaired) electrons. The van der Waals surface area contributed by atoms with Gasteiger partial charge in [-0.25, -0.2) is 9.97 Å². The van der Waals surface area contributed by atoms with Gasteiger partial charge in [0.1, 0.15) is 6.33 Å². The van der Waals surface area contributed by atoms with E-state index in [9.17, 15) is 4.79 Å². The van der Waals surface area contributed by atoms with Crippen LogP contribution in [0.3, 0.4) is 0 Å². The van der Waals surface area contributed by atoms with Crippen molar-refractivity contribution in [3.63, 3.8) is 0 Å². The summed E-state index contributed by atoms with van der Waals surface area (Å²) in [4.78, 5) is 31.5. The molecule has 8 nitrogen and oxygen atoms in total. The third kappa shape index (κ3) is 4.24. The van der Waals surface area contributed by atoms with Crippen molar-refractivity contribution in [1.29, 1.82) is 0 Å². The highest BCUT2D eigenvalue weighted by molar-refractivity contribution is 5.78. The number of aromatic nitrogens is 4. The average molecular weight is 361 g/mol. The maximum absolute atomic E-state index is 12.2. The molecular weight excluding hydrogens is 342 g/mol. The molecule has 0 saturated carbocycles. The van der Waals surface area contributed by atoms with Crippen molar-refractivity contribution in [2.75, 3.05) is 18.9 Å². The number of nitrogens with zero attached hydrogens (tertiary/aromatic N) is 5. The normalized spacial score (nSPS) is 14.9. The lowest BCUT2D eigenvalue weighted by Gasteiger charge is -2.17. The first-order chi connectivity index (χ1) is 13.2. The predicted molar refractivity (Wildman–Crippen MR) is 101 cm³/mol. The quantitative estimate of drug-likeness (QED) is 0.629. The number of carbonyl (C=O) groups is 1. The van der Waals surface area contributed by atoms with Crippen LogP contribution in [0.1, 0.15) is 11.3 Å². The van der Waals surface area contributed by atoms with Crippen molar-refractivity contribution < 1.29 is 4.79 Å². The monoisotopic (exact) mass is 361 g/mol. The molecule has 1 amide bonds. The van der Waals surface area contributed by atoms with Crippen molar-refractivity contribution >= 4 is 17.5 Å². The number of hydrogen-bond acceptors (Lipinski definition) is 7. The van der Waals surface area contributed by atoms with Crippen molar-refractivity contribution in [1.82, 2.24) is 30.2 Å². The Bertz CT molecular complexity index is 976.